The summed E-state index contributed by atoms with van der Waals surface area (Å²) in [4.78, 5) is 12.3. The van der Waals surface area contributed by atoms with Crippen LogP contribution in [0.15, 0.2) is 42.5 Å². The lowest BCUT2D eigenvalue weighted by molar-refractivity contribution is 0.0940. The van der Waals surface area contributed by atoms with Crippen LogP contribution in [0.5, 0.6) is 11.5 Å². The second-order valence-corrected chi connectivity index (χ2v) is 5.71. The monoisotopic (exact) mass is 347 g/mol. The van der Waals surface area contributed by atoms with Gasteiger partial charge < -0.3 is 14.8 Å². The van der Waals surface area contributed by atoms with E-state index in [9.17, 15) is 4.79 Å². The molecular formula is C19H22ClNO3. The van der Waals surface area contributed by atoms with Crippen molar-refractivity contribution in [3.8, 4) is 11.5 Å². The SMILES string of the molecule is CCOc1ccc([C@H](C)NC(=O)c2cccc(Cl)c2)cc1OCC. The van der Waals surface area contributed by atoms with Crippen LogP contribution >= 0.6 is 11.6 Å². The van der Waals surface area contributed by atoms with Crippen molar-refractivity contribution in [2.75, 3.05) is 13.2 Å². The maximum atomic E-state index is 12.3. The average molecular weight is 348 g/mol. The standard InChI is InChI=1S/C19H22ClNO3/c1-4-23-17-10-9-14(12-18(17)24-5-2)13(3)21-19(22)15-7-6-8-16(20)11-15/h6-13H,4-5H2,1-3H3,(H,21,22)/t13-/m0/s1. The molecule has 1 N–H and O–H groups in total. The lowest BCUT2D eigenvalue weighted by atomic mass is 10.1. The van der Waals surface area contributed by atoms with Gasteiger partial charge >= 0.3 is 0 Å². The number of hydrogen-bond acceptors (Lipinski definition) is 3. The molecule has 5 heteroatoms. The minimum atomic E-state index is -0.175. The first-order chi connectivity index (χ1) is 11.5. The minimum Gasteiger partial charge on any atom is -0.490 e. The normalized spacial score (nSPS) is 11.7. The Morgan fingerprint density at radius 3 is 2.46 bits per heavy atom. The molecule has 0 heterocycles. The smallest absolute Gasteiger partial charge is 0.251 e. The van der Waals surface area contributed by atoms with Gasteiger partial charge in [0.15, 0.2) is 11.5 Å². The molecule has 0 radical (unpaired) electrons. The maximum absolute atomic E-state index is 12.3. The molecule has 0 unspecified atom stereocenters. The lowest BCUT2D eigenvalue weighted by Crippen LogP contribution is -2.26. The van der Waals surface area contributed by atoms with Crippen molar-refractivity contribution in [2.45, 2.75) is 26.8 Å². The highest BCUT2D eigenvalue weighted by Gasteiger charge is 2.14. The summed E-state index contributed by atoms with van der Waals surface area (Å²) >= 11 is 5.93. The largest absolute Gasteiger partial charge is 0.490 e. The first-order valence-corrected chi connectivity index (χ1v) is 8.38. The molecule has 0 aliphatic carbocycles. The summed E-state index contributed by atoms with van der Waals surface area (Å²) in [7, 11) is 0. The zero-order valence-corrected chi connectivity index (χ0v) is 14.9. The molecule has 0 bridgehead atoms. The summed E-state index contributed by atoms with van der Waals surface area (Å²) in [6, 6.07) is 12.4. The van der Waals surface area contributed by atoms with E-state index in [1.807, 2.05) is 39.0 Å². The number of hydrogen-bond donors (Lipinski definition) is 1. The number of ether oxygens (including phenoxy) is 2. The highest BCUT2D eigenvalue weighted by atomic mass is 35.5. The quantitative estimate of drug-likeness (QED) is 0.794. The average Bonchev–Trinajstić information content (AvgIpc) is 2.56. The Hall–Kier alpha value is -2.20. The second-order valence-electron chi connectivity index (χ2n) is 5.28. The van der Waals surface area contributed by atoms with Gasteiger partial charge in [-0.25, -0.2) is 0 Å². The third-order valence-corrected chi connectivity index (χ3v) is 3.74. The molecule has 0 saturated carbocycles. The second kappa shape index (κ2) is 8.60. The molecule has 2 rings (SSSR count). The predicted molar refractivity (Wildman–Crippen MR) is 96.1 cm³/mol. The van der Waals surface area contributed by atoms with Crippen LogP contribution in [0.25, 0.3) is 0 Å². The molecule has 24 heavy (non-hydrogen) atoms. The van der Waals surface area contributed by atoms with E-state index >= 15 is 0 Å². The molecule has 0 fully saturated rings. The topological polar surface area (TPSA) is 47.6 Å². The first kappa shape index (κ1) is 18.1. The number of halogens is 1. The number of amides is 1. The van der Waals surface area contributed by atoms with Gasteiger partial charge in [0.1, 0.15) is 0 Å². The van der Waals surface area contributed by atoms with E-state index in [1.54, 1.807) is 24.3 Å². The molecule has 0 spiro atoms. The van der Waals surface area contributed by atoms with Crippen LogP contribution in [-0.2, 0) is 0 Å². The van der Waals surface area contributed by atoms with E-state index in [0.29, 0.717) is 35.3 Å². The van der Waals surface area contributed by atoms with Gasteiger partial charge in [0.05, 0.1) is 19.3 Å². The van der Waals surface area contributed by atoms with Crippen LogP contribution in [0.1, 0.15) is 42.7 Å². The fourth-order valence-electron chi connectivity index (χ4n) is 2.33. The summed E-state index contributed by atoms with van der Waals surface area (Å²) in [5, 5.41) is 3.50. The fraction of sp³-hybridized carbons (Fsp3) is 0.316. The Kier molecular flexibility index (Phi) is 6.50. The van der Waals surface area contributed by atoms with E-state index in [4.69, 9.17) is 21.1 Å². The van der Waals surface area contributed by atoms with Gasteiger partial charge in [-0.05, 0) is 56.7 Å². The van der Waals surface area contributed by atoms with E-state index in [2.05, 4.69) is 5.32 Å². The molecule has 4 nitrogen and oxygen atoms in total. The number of carbonyl (C=O) groups is 1. The van der Waals surface area contributed by atoms with Crippen LogP contribution in [-0.4, -0.2) is 19.1 Å². The maximum Gasteiger partial charge on any atom is 0.251 e. The Morgan fingerprint density at radius 2 is 1.79 bits per heavy atom. The molecule has 0 aliphatic heterocycles. The van der Waals surface area contributed by atoms with Crippen molar-refractivity contribution in [3.63, 3.8) is 0 Å². The van der Waals surface area contributed by atoms with Gasteiger partial charge in [0, 0.05) is 10.6 Å². The van der Waals surface area contributed by atoms with Gasteiger partial charge in [0.25, 0.3) is 5.91 Å². The molecule has 1 amide bonds. The highest BCUT2D eigenvalue weighted by molar-refractivity contribution is 6.30. The fourth-order valence-corrected chi connectivity index (χ4v) is 2.52. The van der Waals surface area contributed by atoms with Crippen molar-refractivity contribution in [2.24, 2.45) is 0 Å². The van der Waals surface area contributed by atoms with Gasteiger partial charge in [-0.2, -0.15) is 0 Å². The molecule has 2 aromatic rings. The Bertz CT molecular complexity index is 703. The van der Waals surface area contributed by atoms with E-state index < -0.39 is 0 Å². The molecule has 0 saturated heterocycles. The molecule has 2 aromatic carbocycles. The number of carbonyl (C=O) groups excluding carboxylic acids is 1. The van der Waals surface area contributed by atoms with Crippen LogP contribution in [0.4, 0.5) is 0 Å². The van der Waals surface area contributed by atoms with Crippen molar-refractivity contribution >= 4 is 17.5 Å². The van der Waals surface area contributed by atoms with E-state index in [0.717, 1.165) is 5.56 Å². The van der Waals surface area contributed by atoms with Crippen LogP contribution < -0.4 is 14.8 Å². The third-order valence-electron chi connectivity index (χ3n) is 3.50. The van der Waals surface area contributed by atoms with Gasteiger partial charge in [-0.3, -0.25) is 4.79 Å². The van der Waals surface area contributed by atoms with Gasteiger partial charge in [0.2, 0.25) is 0 Å². The zero-order valence-electron chi connectivity index (χ0n) is 14.1. The van der Waals surface area contributed by atoms with Gasteiger partial charge in [-0.15, -0.1) is 0 Å². The zero-order chi connectivity index (χ0) is 17.5. The van der Waals surface area contributed by atoms with Crippen LogP contribution in [0.2, 0.25) is 5.02 Å². The number of rotatable bonds is 7. The summed E-state index contributed by atoms with van der Waals surface area (Å²) < 4.78 is 11.2. The minimum absolute atomic E-state index is 0.170. The molecule has 1 atom stereocenters. The van der Waals surface area contributed by atoms with Crippen molar-refractivity contribution in [3.05, 3.63) is 58.6 Å². The summed E-state index contributed by atoms with van der Waals surface area (Å²) in [5.74, 6) is 1.22. The molecule has 128 valence electrons. The molecule has 0 aromatic heterocycles. The predicted octanol–water partition coefficient (Wildman–Crippen LogP) is 4.63. The number of nitrogens with one attached hydrogen (secondary N) is 1. The van der Waals surface area contributed by atoms with Gasteiger partial charge in [-0.1, -0.05) is 23.7 Å². The van der Waals surface area contributed by atoms with E-state index in [-0.39, 0.29) is 11.9 Å². The van der Waals surface area contributed by atoms with Crippen LogP contribution in [0, 0.1) is 0 Å². The Balaban J connectivity index is 2.15. The Morgan fingerprint density at radius 1 is 1.08 bits per heavy atom. The first-order valence-electron chi connectivity index (χ1n) is 8.01. The summed E-state index contributed by atoms with van der Waals surface area (Å²) in [6.07, 6.45) is 0. The molecular weight excluding hydrogens is 326 g/mol. The summed E-state index contributed by atoms with van der Waals surface area (Å²) in [6.45, 7) is 6.89. The van der Waals surface area contributed by atoms with Crippen LogP contribution in [0.3, 0.4) is 0 Å². The van der Waals surface area contributed by atoms with Crippen molar-refractivity contribution in [1.29, 1.82) is 0 Å². The number of benzene rings is 2. The summed E-state index contributed by atoms with van der Waals surface area (Å²) in [5.41, 5.74) is 1.47. The van der Waals surface area contributed by atoms with Crippen molar-refractivity contribution < 1.29 is 14.3 Å². The third kappa shape index (κ3) is 4.65. The van der Waals surface area contributed by atoms with Crippen molar-refractivity contribution in [1.82, 2.24) is 5.32 Å². The Labute approximate surface area is 147 Å². The lowest BCUT2D eigenvalue weighted by Gasteiger charge is -2.17. The van der Waals surface area contributed by atoms with E-state index in [1.165, 1.54) is 0 Å². The highest BCUT2D eigenvalue weighted by Crippen LogP contribution is 2.30. The molecule has 0 aliphatic rings.